The maximum atomic E-state index is 13.9. The lowest BCUT2D eigenvalue weighted by molar-refractivity contribution is 0.353. The third-order valence-electron chi connectivity index (χ3n) is 3.30. The molecule has 1 aliphatic rings. The van der Waals surface area contributed by atoms with Crippen molar-refractivity contribution in [2.24, 2.45) is 0 Å². The molecule has 0 fully saturated rings. The average Bonchev–Trinajstić information content (AvgIpc) is 2.85. The van der Waals surface area contributed by atoms with Crippen molar-refractivity contribution in [3.63, 3.8) is 0 Å². The van der Waals surface area contributed by atoms with Crippen molar-refractivity contribution >= 4 is 27.5 Å². The van der Waals surface area contributed by atoms with Gasteiger partial charge in [-0.15, -0.1) is 11.6 Å². The third-order valence-corrected chi connectivity index (χ3v) is 4.21. The number of hydrogen-bond donors (Lipinski definition) is 0. The number of alkyl halides is 1. The molecule has 0 spiro atoms. The number of rotatable bonds is 2. The van der Waals surface area contributed by atoms with E-state index in [9.17, 15) is 8.78 Å². The van der Waals surface area contributed by atoms with Gasteiger partial charge in [0.25, 0.3) is 0 Å². The Morgan fingerprint density at radius 2 is 1.90 bits per heavy atom. The van der Waals surface area contributed by atoms with Gasteiger partial charge in [0.2, 0.25) is 0 Å². The summed E-state index contributed by atoms with van der Waals surface area (Å²) >= 11 is 9.71. The molecule has 1 aliphatic heterocycles. The summed E-state index contributed by atoms with van der Waals surface area (Å²) in [6, 6.07) is 7.40. The molecule has 104 valence electrons. The summed E-state index contributed by atoms with van der Waals surface area (Å²) in [5.74, 6) is -0.677. The van der Waals surface area contributed by atoms with Crippen LogP contribution in [0.25, 0.3) is 0 Å². The summed E-state index contributed by atoms with van der Waals surface area (Å²) in [5, 5.41) is -0.930. The molecule has 3 rings (SSSR count). The molecule has 0 bridgehead atoms. The van der Waals surface area contributed by atoms with Crippen molar-refractivity contribution in [2.45, 2.75) is 11.8 Å². The minimum atomic E-state index is -0.930. The van der Waals surface area contributed by atoms with Crippen molar-refractivity contribution in [1.29, 1.82) is 0 Å². The quantitative estimate of drug-likeness (QED) is 0.686. The molecule has 0 N–H and O–H groups in total. The zero-order valence-electron chi connectivity index (χ0n) is 10.3. The molecule has 5 heteroatoms. The Bertz CT molecular complexity index is 655. The van der Waals surface area contributed by atoms with Gasteiger partial charge in [0.1, 0.15) is 17.4 Å². The van der Waals surface area contributed by atoms with Crippen LogP contribution in [0.5, 0.6) is 5.75 Å². The Morgan fingerprint density at radius 1 is 1.20 bits per heavy atom. The molecule has 1 nitrogen and oxygen atoms in total. The summed E-state index contributed by atoms with van der Waals surface area (Å²) in [4.78, 5) is 0. The second-order valence-corrected chi connectivity index (χ2v) is 5.93. The number of ether oxygens (including phenoxy) is 1. The van der Waals surface area contributed by atoms with Crippen LogP contribution in [0.15, 0.2) is 34.8 Å². The molecule has 20 heavy (non-hydrogen) atoms. The molecule has 1 unspecified atom stereocenters. The van der Waals surface area contributed by atoms with Crippen LogP contribution in [0.3, 0.4) is 0 Å². The summed E-state index contributed by atoms with van der Waals surface area (Å²) in [6.07, 6.45) is 0.769. The van der Waals surface area contributed by atoms with Crippen LogP contribution in [0.4, 0.5) is 8.78 Å². The number of fused-ring (bicyclic) bond motifs is 1. The van der Waals surface area contributed by atoms with Gasteiger partial charge >= 0.3 is 0 Å². The van der Waals surface area contributed by atoms with Crippen LogP contribution in [-0.4, -0.2) is 6.61 Å². The van der Waals surface area contributed by atoms with E-state index in [1.165, 1.54) is 18.2 Å². The summed E-state index contributed by atoms with van der Waals surface area (Å²) in [5.41, 5.74) is 1.43. The maximum Gasteiger partial charge on any atom is 0.131 e. The molecule has 2 aromatic rings. The largest absolute Gasteiger partial charge is 0.493 e. The highest BCUT2D eigenvalue weighted by Gasteiger charge is 2.26. The van der Waals surface area contributed by atoms with E-state index >= 15 is 0 Å². The van der Waals surface area contributed by atoms with Crippen molar-refractivity contribution < 1.29 is 13.5 Å². The van der Waals surface area contributed by atoms with Crippen LogP contribution >= 0.6 is 27.5 Å². The normalized spacial score (nSPS) is 14.8. The van der Waals surface area contributed by atoms with Crippen LogP contribution in [-0.2, 0) is 6.42 Å². The average molecular weight is 360 g/mol. The van der Waals surface area contributed by atoms with Crippen molar-refractivity contribution in [3.05, 3.63) is 63.1 Å². The van der Waals surface area contributed by atoms with Crippen molar-refractivity contribution in [3.8, 4) is 5.75 Å². The van der Waals surface area contributed by atoms with Gasteiger partial charge in [0.05, 0.1) is 12.0 Å². The second-order valence-electron chi connectivity index (χ2n) is 4.58. The molecule has 0 saturated heterocycles. The number of halogens is 4. The van der Waals surface area contributed by atoms with E-state index in [2.05, 4.69) is 15.9 Å². The van der Waals surface area contributed by atoms with Gasteiger partial charge in [0.15, 0.2) is 0 Å². The van der Waals surface area contributed by atoms with E-state index in [1.54, 1.807) is 6.07 Å². The molecule has 0 amide bonds. The summed E-state index contributed by atoms with van der Waals surface area (Å²) < 4.78 is 34.1. The van der Waals surface area contributed by atoms with E-state index < -0.39 is 17.0 Å². The zero-order valence-corrected chi connectivity index (χ0v) is 12.6. The van der Waals surface area contributed by atoms with Gasteiger partial charge in [-0.05, 0) is 29.8 Å². The fourth-order valence-corrected chi connectivity index (χ4v) is 3.29. The Hall–Kier alpha value is -1.13. The zero-order chi connectivity index (χ0) is 14.3. The molecule has 0 aromatic heterocycles. The van der Waals surface area contributed by atoms with Crippen molar-refractivity contribution in [2.75, 3.05) is 6.61 Å². The minimum Gasteiger partial charge on any atom is -0.493 e. The van der Waals surface area contributed by atoms with Gasteiger partial charge in [0, 0.05) is 22.0 Å². The predicted molar refractivity (Wildman–Crippen MR) is 77.4 cm³/mol. The lowest BCUT2D eigenvalue weighted by Crippen LogP contribution is -2.03. The third kappa shape index (κ3) is 2.31. The number of hydrogen-bond acceptors (Lipinski definition) is 1. The maximum absolute atomic E-state index is 13.9. The first-order valence-electron chi connectivity index (χ1n) is 6.11. The molecular weight excluding hydrogens is 350 g/mol. The van der Waals surface area contributed by atoms with Gasteiger partial charge in [-0.25, -0.2) is 8.78 Å². The fraction of sp³-hybridized carbons (Fsp3) is 0.200. The lowest BCUT2D eigenvalue weighted by Gasteiger charge is -2.16. The Kier molecular flexibility index (Phi) is 3.69. The highest BCUT2D eigenvalue weighted by atomic mass is 79.9. The first-order valence-corrected chi connectivity index (χ1v) is 7.34. The lowest BCUT2D eigenvalue weighted by atomic mass is 10.00. The number of benzene rings is 2. The Morgan fingerprint density at radius 3 is 2.60 bits per heavy atom. The SMILES string of the molecule is Fc1cccc(F)c1C(Cl)c1cc(Br)cc2c1OCC2. The van der Waals surface area contributed by atoms with E-state index in [-0.39, 0.29) is 5.56 Å². The monoisotopic (exact) mass is 358 g/mol. The van der Waals surface area contributed by atoms with E-state index in [1.807, 2.05) is 6.07 Å². The first-order chi connectivity index (χ1) is 9.58. The summed E-state index contributed by atoms with van der Waals surface area (Å²) in [7, 11) is 0. The van der Waals surface area contributed by atoms with E-state index in [0.29, 0.717) is 17.9 Å². The van der Waals surface area contributed by atoms with E-state index in [4.69, 9.17) is 16.3 Å². The summed E-state index contributed by atoms with van der Waals surface area (Å²) in [6.45, 7) is 0.558. The standard InChI is InChI=1S/C15H10BrClF2O/c16-9-6-8-4-5-20-15(8)10(7-9)14(17)13-11(18)2-1-3-12(13)19/h1-3,6-7,14H,4-5H2. The van der Waals surface area contributed by atoms with Crippen LogP contribution in [0.1, 0.15) is 22.1 Å². The predicted octanol–water partition coefficient (Wildman–Crippen LogP) is 4.99. The highest BCUT2D eigenvalue weighted by molar-refractivity contribution is 9.10. The van der Waals surface area contributed by atoms with Gasteiger partial charge < -0.3 is 4.74 Å². The Balaban J connectivity index is 2.14. The first kappa shape index (κ1) is 13.8. The molecule has 2 aromatic carbocycles. The van der Waals surface area contributed by atoms with Crippen LogP contribution in [0, 0.1) is 11.6 Å². The van der Waals surface area contributed by atoms with Crippen molar-refractivity contribution in [1.82, 2.24) is 0 Å². The minimum absolute atomic E-state index is 0.148. The second kappa shape index (κ2) is 5.34. The smallest absolute Gasteiger partial charge is 0.131 e. The van der Waals surface area contributed by atoms with Crippen LogP contribution in [0.2, 0.25) is 0 Å². The molecular formula is C15H10BrClF2O. The van der Waals surface area contributed by atoms with Crippen LogP contribution < -0.4 is 4.74 Å². The highest BCUT2D eigenvalue weighted by Crippen LogP contribution is 2.42. The molecule has 1 heterocycles. The molecule has 0 saturated carbocycles. The van der Waals surface area contributed by atoms with Gasteiger partial charge in [-0.2, -0.15) is 0 Å². The molecule has 0 aliphatic carbocycles. The Labute approximate surface area is 128 Å². The molecule has 1 atom stereocenters. The van der Waals surface area contributed by atoms with E-state index in [0.717, 1.165) is 16.5 Å². The fourth-order valence-electron chi connectivity index (χ4n) is 2.39. The topological polar surface area (TPSA) is 9.23 Å². The van der Waals surface area contributed by atoms with Gasteiger partial charge in [-0.3, -0.25) is 0 Å². The molecule has 0 radical (unpaired) electrons. The van der Waals surface area contributed by atoms with Gasteiger partial charge in [-0.1, -0.05) is 22.0 Å².